The Bertz CT molecular complexity index is 175. The molecule has 0 heterocycles. The summed E-state index contributed by atoms with van der Waals surface area (Å²) in [5, 5.41) is 10.0. The van der Waals surface area contributed by atoms with E-state index >= 15 is 0 Å². The molecule has 14 heavy (non-hydrogen) atoms. The van der Waals surface area contributed by atoms with Gasteiger partial charge in [-0.3, -0.25) is 0 Å². The topological polar surface area (TPSA) is 38.7 Å². The van der Waals surface area contributed by atoms with Crippen molar-refractivity contribution >= 4 is 0 Å². The van der Waals surface area contributed by atoms with Crippen molar-refractivity contribution in [2.45, 2.75) is 18.9 Å². The number of hydrogen-bond acceptors (Lipinski definition) is 3. The molecule has 0 amide bonds. The lowest BCUT2D eigenvalue weighted by Crippen LogP contribution is -2.29. The molecule has 2 rings (SSSR count). The maximum Gasteiger partial charge on any atom is 0.0603 e. The molecule has 82 valence electrons. The predicted octanol–water partition coefficient (Wildman–Crippen LogP) is 0.912. The summed E-state index contributed by atoms with van der Waals surface area (Å²) in [6.45, 7) is 1.54. The summed E-state index contributed by atoms with van der Waals surface area (Å²) >= 11 is 0. The first-order chi connectivity index (χ1) is 6.79. The number of methoxy groups -OCH3 is 2. The predicted molar refractivity (Wildman–Crippen MR) is 53.0 cm³/mol. The van der Waals surface area contributed by atoms with Gasteiger partial charge in [0.15, 0.2) is 0 Å². The van der Waals surface area contributed by atoms with Gasteiger partial charge in [-0.25, -0.2) is 0 Å². The van der Waals surface area contributed by atoms with Crippen molar-refractivity contribution in [1.29, 1.82) is 0 Å². The highest BCUT2D eigenvalue weighted by atomic mass is 16.5. The van der Waals surface area contributed by atoms with Gasteiger partial charge in [-0.1, -0.05) is 0 Å². The van der Waals surface area contributed by atoms with Gasteiger partial charge in [-0.15, -0.1) is 0 Å². The van der Waals surface area contributed by atoms with Gasteiger partial charge < -0.3 is 14.6 Å². The smallest absolute Gasteiger partial charge is 0.0603 e. The quantitative estimate of drug-likeness (QED) is 0.733. The van der Waals surface area contributed by atoms with E-state index in [0.29, 0.717) is 23.7 Å². The van der Waals surface area contributed by atoms with Gasteiger partial charge in [-0.2, -0.15) is 0 Å². The van der Waals surface area contributed by atoms with Crippen LogP contribution in [0.2, 0.25) is 0 Å². The van der Waals surface area contributed by atoms with E-state index in [4.69, 9.17) is 9.47 Å². The van der Waals surface area contributed by atoms with Crippen LogP contribution in [0, 0.1) is 23.7 Å². The molecule has 2 fully saturated rings. The van der Waals surface area contributed by atoms with Crippen molar-refractivity contribution in [2.75, 3.05) is 27.4 Å². The lowest BCUT2D eigenvalue weighted by Gasteiger charge is -2.29. The van der Waals surface area contributed by atoms with Crippen LogP contribution in [0.3, 0.4) is 0 Å². The van der Waals surface area contributed by atoms with Crippen LogP contribution in [0.4, 0.5) is 0 Å². The van der Waals surface area contributed by atoms with E-state index < -0.39 is 0 Å². The van der Waals surface area contributed by atoms with Gasteiger partial charge in [0, 0.05) is 27.4 Å². The first kappa shape index (κ1) is 10.4. The van der Waals surface area contributed by atoms with E-state index in [2.05, 4.69) is 0 Å². The Balaban J connectivity index is 2.06. The average Bonchev–Trinajstić information content (AvgIpc) is 2.64. The highest BCUT2D eigenvalue weighted by Gasteiger charge is 2.53. The van der Waals surface area contributed by atoms with Crippen LogP contribution in [0.25, 0.3) is 0 Å². The summed E-state index contributed by atoms with van der Waals surface area (Å²) in [5.74, 6) is 1.93. The minimum atomic E-state index is -0.102. The van der Waals surface area contributed by atoms with Crippen LogP contribution in [-0.2, 0) is 9.47 Å². The number of ether oxygens (including phenoxy) is 2. The molecule has 3 heteroatoms. The number of rotatable bonds is 4. The number of fused-ring (bicyclic) bond motifs is 2. The summed E-state index contributed by atoms with van der Waals surface area (Å²) in [4.78, 5) is 0. The zero-order valence-electron chi connectivity index (χ0n) is 8.98. The van der Waals surface area contributed by atoms with Crippen molar-refractivity contribution in [3.63, 3.8) is 0 Å². The van der Waals surface area contributed by atoms with Crippen molar-refractivity contribution in [2.24, 2.45) is 23.7 Å². The molecular weight excluding hydrogens is 180 g/mol. The van der Waals surface area contributed by atoms with Gasteiger partial charge in [0.25, 0.3) is 0 Å². The Morgan fingerprint density at radius 1 is 1.00 bits per heavy atom. The zero-order valence-corrected chi connectivity index (χ0v) is 8.98. The Morgan fingerprint density at radius 3 is 1.79 bits per heavy atom. The monoisotopic (exact) mass is 200 g/mol. The van der Waals surface area contributed by atoms with Crippen LogP contribution in [0.1, 0.15) is 12.8 Å². The molecule has 0 aromatic carbocycles. The second kappa shape index (κ2) is 4.17. The molecule has 0 aliphatic heterocycles. The van der Waals surface area contributed by atoms with Crippen molar-refractivity contribution in [3.05, 3.63) is 0 Å². The third-order valence-electron chi connectivity index (χ3n) is 4.08. The Labute approximate surface area is 85.4 Å². The summed E-state index contributed by atoms with van der Waals surface area (Å²) in [6.07, 6.45) is 2.23. The second-order valence-corrected chi connectivity index (χ2v) is 4.63. The van der Waals surface area contributed by atoms with Crippen LogP contribution in [-0.4, -0.2) is 38.6 Å². The normalized spacial score (nSPS) is 46.1. The summed E-state index contributed by atoms with van der Waals surface area (Å²) < 4.78 is 10.5. The van der Waals surface area contributed by atoms with Gasteiger partial charge in [-0.05, 0) is 36.5 Å². The van der Waals surface area contributed by atoms with Crippen LogP contribution >= 0.6 is 0 Å². The largest absolute Gasteiger partial charge is 0.393 e. The molecule has 2 saturated carbocycles. The average molecular weight is 200 g/mol. The standard InChI is InChI=1S/C11H20O3/c1-13-5-9-7-3-4-8(11(7)12)10(9)6-14-2/h7-12H,3-6H2,1-2H3/t7-,8+,9+,10-,11?. The van der Waals surface area contributed by atoms with Crippen molar-refractivity contribution < 1.29 is 14.6 Å². The van der Waals surface area contributed by atoms with Gasteiger partial charge in [0.05, 0.1) is 6.10 Å². The summed E-state index contributed by atoms with van der Waals surface area (Å²) in [5.41, 5.74) is 0. The number of aliphatic hydroxyl groups excluding tert-OH is 1. The van der Waals surface area contributed by atoms with E-state index in [0.717, 1.165) is 13.2 Å². The first-order valence-corrected chi connectivity index (χ1v) is 5.45. The Hall–Kier alpha value is -0.120. The molecule has 0 radical (unpaired) electrons. The molecule has 0 saturated heterocycles. The van der Waals surface area contributed by atoms with Gasteiger partial charge >= 0.3 is 0 Å². The minimum absolute atomic E-state index is 0.102. The fraction of sp³-hybridized carbons (Fsp3) is 1.00. The second-order valence-electron chi connectivity index (χ2n) is 4.63. The Kier molecular flexibility index (Phi) is 3.10. The Morgan fingerprint density at radius 2 is 1.43 bits per heavy atom. The fourth-order valence-electron chi connectivity index (χ4n) is 3.49. The molecule has 0 aromatic heterocycles. The molecule has 2 aliphatic rings. The molecule has 1 unspecified atom stereocenters. The lowest BCUT2D eigenvalue weighted by molar-refractivity contribution is 0.0404. The molecule has 3 nitrogen and oxygen atoms in total. The highest BCUT2D eigenvalue weighted by Crippen LogP contribution is 2.52. The molecule has 5 atom stereocenters. The summed E-state index contributed by atoms with van der Waals surface area (Å²) in [6, 6.07) is 0. The van der Waals surface area contributed by atoms with E-state index in [1.165, 1.54) is 12.8 Å². The van der Waals surface area contributed by atoms with Gasteiger partial charge in [0.1, 0.15) is 0 Å². The fourth-order valence-corrected chi connectivity index (χ4v) is 3.49. The number of aliphatic hydroxyl groups is 1. The maximum atomic E-state index is 10.0. The third kappa shape index (κ3) is 1.47. The summed E-state index contributed by atoms with van der Waals surface area (Å²) in [7, 11) is 3.48. The van der Waals surface area contributed by atoms with E-state index in [9.17, 15) is 5.11 Å². The SMILES string of the molecule is COC[C@@H]1[C@H](COC)[C@@H]2CC[C@H]1C2O. The van der Waals surface area contributed by atoms with E-state index in [1.807, 2.05) is 0 Å². The zero-order chi connectivity index (χ0) is 10.1. The van der Waals surface area contributed by atoms with Crippen LogP contribution in [0.15, 0.2) is 0 Å². The molecule has 0 aromatic rings. The molecule has 2 aliphatic carbocycles. The number of hydrogen-bond donors (Lipinski definition) is 1. The first-order valence-electron chi connectivity index (χ1n) is 5.45. The minimum Gasteiger partial charge on any atom is -0.393 e. The van der Waals surface area contributed by atoms with Gasteiger partial charge in [0.2, 0.25) is 0 Å². The molecular formula is C11H20O3. The van der Waals surface area contributed by atoms with Crippen molar-refractivity contribution in [1.82, 2.24) is 0 Å². The third-order valence-corrected chi connectivity index (χ3v) is 4.08. The maximum absolute atomic E-state index is 10.0. The highest BCUT2D eigenvalue weighted by molar-refractivity contribution is 5.02. The van der Waals surface area contributed by atoms with Crippen LogP contribution < -0.4 is 0 Å². The van der Waals surface area contributed by atoms with E-state index in [-0.39, 0.29) is 6.10 Å². The van der Waals surface area contributed by atoms with Crippen LogP contribution in [0.5, 0.6) is 0 Å². The molecule has 0 spiro atoms. The molecule has 1 N–H and O–H groups in total. The van der Waals surface area contributed by atoms with E-state index in [1.54, 1.807) is 14.2 Å². The lowest BCUT2D eigenvalue weighted by atomic mass is 9.80. The molecule has 2 bridgehead atoms. The van der Waals surface area contributed by atoms with Crippen molar-refractivity contribution in [3.8, 4) is 0 Å².